The largest absolute Gasteiger partial charge is 0.385 e. The molecule has 0 aromatic carbocycles. The summed E-state index contributed by atoms with van der Waals surface area (Å²) in [5.74, 6) is 0.765. The lowest BCUT2D eigenvalue weighted by atomic mass is 9.95. The number of likely N-dealkylation sites (tertiary alicyclic amines) is 1. The van der Waals surface area contributed by atoms with Crippen molar-refractivity contribution in [1.29, 1.82) is 5.26 Å². The highest BCUT2D eigenvalue weighted by Crippen LogP contribution is 2.36. The highest BCUT2D eigenvalue weighted by Gasteiger charge is 2.27. The third-order valence-corrected chi connectivity index (χ3v) is 11.0. The van der Waals surface area contributed by atoms with Crippen LogP contribution in [0.2, 0.25) is 0 Å². The Balaban J connectivity index is 0.940. The summed E-state index contributed by atoms with van der Waals surface area (Å²) in [4.78, 5) is 12.5. The number of hydrogen-bond acceptors (Lipinski definition) is 12. The fourth-order valence-electron chi connectivity index (χ4n) is 7.21. The van der Waals surface area contributed by atoms with Crippen LogP contribution in [0.1, 0.15) is 31.2 Å². The maximum atomic E-state index is 9.30. The van der Waals surface area contributed by atoms with Gasteiger partial charge < -0.3 is 25.2 Å². The fourth-order valence-corrected chi connectivity index (χ4v) is 8.13. The molecule has 4 aliphatic heterocycles. The number of anilines is 2. The monoisotopic (exact) mass is 663 g/mol. The number of fused-ring (bicyclic) bond motifs is 1. The normalized spacial score (nSPS) is 19.7. The number of nitrogens with one attached hydrogen (secondary N) is 2. The number of piperidine rings is 1. The smallest absolute Gasteiger partial charge is 0.208 e. The number of hydrogen-bond donors (Lipinski definition) is 2. The third kappa shape index (κ3) is 6.60. The molecule has 8 heterocycles. The predicted octanol–water partition coefficient (Wildman–Crippen LogP) is 4.21. The molecular formula is C35H41N11OS. The molecule has 0 aliphatic carbocycles. The number of aromatic nitrogens is 5. The summed E-state index contributed by atoms with van der Waals surface area (Å²) in [7, 11) is 0. The van der Waals surface area contributed by atoms with E-state index in [-0.39, 0.29) is 0 Å². The zero-order chi connectivity index (χ0) is 32.3. The Labute approximate surface area is 284 Å². The van der Waals surface area contributed by atoms with Gasteiger partial charge in [-0.15, -0.1) is 10.2 Å². The number of ether oxygens (including phenoxy) is 1. The number of rotatable bonds is 8. The first-order valence-electron chi connectivity index (χ1n) is 17.1. The van der Waals surface area contributed by atoms with Crippen LogP contribution in [0.4, 0.5) is 10.8 Å². The van der Waals surface area contributed by atoms with Gasteiger partial charge in [0.2, 0.25) is 5.13 Å². The van der Waals surface area contributed by atoms with Crippen molar-refractivity contribution in [3.05, 3.63) is 66.3 Å². The average molecular weight is 664 g/mol. The van der Waals surface area contributed by atoms with Gasteiger partial charge in [-0.2, -0.15) is 10.4 Å². The van der Waals surface area contributed by atoms with Gasteiger partial charge in [0.25, 0.3) is 0 Å². The van der Waals surface area contributed by atoms with E-state index in [0.29, 0.717) is 11.6 Å². The maximum Gasteiger partial charge on any atom is 0.208 e. The minimum absolute atomic E-state index is 0.305. The van der Waals surface area contributed by atoms with Gasteiger partial charge in [-0.25, -0.2) is 4.52 Å². The summed E-state index contributed by atoms with van der Waals surface area (Å²) >= 11 is 1.64. The Hall–Kier alpha value is -4.51. The average Bonchev–Trinajstić information content (AvgIpc) is 3.81. The van der Waals surface area contributed by atoms with Crippen molar-refractivity contribution in [2.45, 2.75) is 31.7 Å². The molecule has 248 valence electrons. The van der Waals surface area contributed by atoms with Crippen LogP contribution in [-0.2, 0) is 4.74 Å². The molecule has 4 aromatic rings. The van der Waals surface area contributed by atoms with Gasteiger partial charge in [0.1, 0.15) is 6.07 Å². The van der Waals surface area contributed by atoms with E-state index in [0.717, 1.165) is 116 Å². The molecule has 13 heteroatoms. The van der Waals surface area contributed by atoms with E-state index in [9.17, 15) is 5.26 Å². The van der Waals surface area contributed by atoms with Crippen LogP contribution in [0, 0.1) is 17.2 Å². The number of nitriles is 1. The molecule has 3 saturated heterocycles. The van der Waals surface area contributed by atoms with E-state index in [2.05, 4.69) is 64.9 Å². The second-order valence-corrected chi connectivity index (χ2v) is 14.0. The number of pyridine rings is 1. The molecule has 0 radical (unpaired) electrons. The lowest BCUT2D eigenvalue weighted by Gasteiger charge is -2.40. The van der Waals surface area contributed by atoms with E-state index in [1.54, 1.807) is 17.5 Å². The quantitative estimate of drug-likeness (QED) is 0.282. The van der Waals surface area contributed by atoms with E-state index in [1.165, 1.54) is 25.1 Å². The Bertz CT molecular complexity index is 1840. The van der Waals surface area contributed by atoms with Gasteiger partial charge in [-0.05, 0) is 74.2 Å². The molecule has 48 heavy (non-hydrogen) atoms. The number of dihydropyridines is 1. The van der Waals surface area contributed by atoms with E-state index >= 15 is 0 Å². The molecule has 0 spiro atoms. The summed E-state index contributed by atoms with van der Waals surface area (Å²) in [6, 6.07) is 10.4. The molecule has 0 amide bonds. The molecule has 0 bridgehead atoms. The van der Waals surface area contributed by atoms with Crippen LogP contribution in [0.25, 0.3) is 27.5 Å². The predicted molar refractivity (Wildman–Crippen MR) is 188 cm³/mol. The Morgan fingerprint density at radius 3 is 2.62 bits per heavy atom. The van der Waals surface area contributed by atoms with Crippen LogP contribution in [0.3, 0.4) is 0 Å². The van der Waals surface area contributed by atoms with Crippen molar-refractivity contribution < 1.29 is 4.74 Å². The molecule has 8 rings (SSSR count). The molecule has 0 atom stereocenters. The molecule has 3 fully saturated rings. The van der Waals surface area contributed by atoms with Crippen molar-refractivity contribution in [3.63, 3.8) is 0 Å². The first-order valence-corrected chi connectivity index (χ1v) is 17.9. The van der Waals surface area contributed by atoms with Gasteiger partial charge in [0.05, 0.1) is 40.8 Å². The Kier molecular flexibility index (Phi) is 8.93. The molecule has 0 saturated carbocycles. The Morgan fingerprint density at radius 2 is 1.83 bits per heavy atom. The highest BCUT2D eigenvalue weighted by atomic mass is 32.1. The van der Waals surface area contributed by atoms with Crippen LogP contribution >= 0.6 is 11.3 Å². The van der Waals surface area contributed by atoms with Gasteiger partial charge in [0, 0.05) is 82.7 Å². The standard InChI is InChI=1S/C35H41N11OS/c36-20-26-18-28-3-4-33(46(28)39-21-26)32-19-31(40-27-7-16-47-17-8-27)30(23-38-32)34-41-42-35(48-34)45-14-12-43(13-15-45)24-25-5-10-44(11-6-25)29-2-1-9-37-22-29/h1-4,9,18-19,21,23,25,27,37H,5-8,10-17,22,24H2,(H,38,40). The lowest BCUT2D eigenvalue weighted by Crippen LogP contribution is -2.49. The minimum atomic E-state index is 0.305. The first kappa shape index (κ1) is 30.8. The molecule has 2 N–H and O–H groups in total. The van der Waals surface area contributed by atoms with Gasteiger partial charge in [0.15, 0.2) is 5.01 Å². The van der Waals surface area contributed by atoms with Crippen LogP contribution < -0.4 is 15.5 Å². The van der Waals surface area contributed by atoms with Crippen molar-refractivity contribution in [1.82, 2.24) is 39.9 Å². The van der Waals surface area contributed by atoms with Crippen molar-refractivity contribution in [2.75, 3.05) is 75.8 Å². The van der Waals surface area contributed by atoms with E-state index in [4.69, 9.17) is 9.72 Å². The molecule has 12 nitrogen and oxygen atoms in total. The minimum Gasteiger partial charge on any atom is -0.385 e. The number of allylic oxidation sites excluding steroid dienone is 2. The van der Waals surface area contributed by atoms with Crippen molar-refractivity contribution in [2.24, 2.45) is 5.92 Å². The summed E-state index contributed by atoms with van der Waals surface area (Å²) in [5.41, 5.74) is 6.42. The zero-order valence-corrected chi connectivity index (χ0v) is 27.9. The van der Waals surface area contributed by atoms with Crippen molar-refractivity contribution >= 4 is 27.7 Å². The molecule has 4 aromatic heterocycles. The number of nitrogens with zero attached hydrogens (tertiary/aromatic N) is 9. The Morgan fingerprint density at radius 1 is 0.979 bits per heavy atom. The SMILES string of the molecule is N#Cc1cnn2c(-c3cc(NC4CCOCC4)c(-c4nnc(N5CCN(CC6CCN(C7=CC=CNC7)CC6)CC5)s4)cn3)ccc2c1. The van der Waals surface area contributed by atoms with E-state index in [1.807, 2.05) is 35.1 Å². The van der Waals surface area contributed by atoms with E-state index < -0.39 is 0 Å². The summed E-state index contributed by atoms with van der Waals surface area (Å²) in [6.07, 6.45) is 14.3. The topological polar surface area (TPSA) is 123 Å². The maximum absolute atomic E-state index is 9.30. The lowest BCUT2D eigenvalue weighted by molar-refractivity contribution is 0.0904. The molecular weight excluding hydrogens is 623 g/mol. The summed E-state index contributed by atoms with van der Waals surface area (Å²) in [6.45, 7) is 9.98. The molecule has 0 unspecified atom stereocenters. The summed E-state index contributed by atoms with van der Waals surface area (Å²) < 4.78 is 7.46. The molecule has 4 aliphatic rings. The second-order valence-electron chi connectivity index (χ2n) is 13.1. The first-order chi connectivity index (χ1) is 23.7. The van der Waals surface area contributed by atoms with Crippen molar-refractivity contribution in [3.8, 4) is 28.0 Å². The second kappa shape index (κ2) is 13.9. The van der Waals surface area contributed by atoms with Crippen LogP contribution in [0.15, 0.2) is 60.7 Å². The van der Waals surface area contributed by atoms with Gasteiger partial charge >= 0.3 is 0 Å². The third-order valence-electron chi connectivity index (χ3n) is 9.99. The highest BCUT2D eigenvalue weighted by molar-refractivity contribution is 7.18. The fraction of sp³-hybridized carbons (Fsp3) is 0.457. The van der Waals surface area contributed by atoms with Crippen LogP contribution in [-0.4, -0.2) is 106 Å². The zero-order valence-electron chi connectivity index (χ0n) is 27.1. The van der Waals surface area contributed by atoms with Gasteiger partial charge in [-0.3, -0.25) is 9.88 Å². The van der Waals surface area contributed by atoms with Gasteiger partial charge in [-0.1, -0.05) is 11.3 Å². The summed E-state index contributed by atoms with van der Waals surface area (Å²) in [5, 5.41) is 32.1. The van der Waals surface area contributed by atoms with Crippen LogP contribution in [0.5, 0.6) is 0 Å². The number of piperazine rings is 1.